The molecule has 2 aliphatic rings. The smallest absolute Gasteiger partial charge is 0.322 e. The zero-order valence-electron chi connectivity index (χ0n) is 21.6. The van der Waals surface area contributed by atoms with Crippen molar-refractivity contribution in [3.8, 4) is 5.75 Å². The molecule has 1 aliphatic heterocycles. The van der Waals surface area contributed by atoms with Crippen molar-refractivity contribution in [2.45, 2.75) is 56.5 Å². The van der Waals surface area contributed by atoms with Crippen LogP contribution in [0.4, 0.5) is 4.79 Å². The largest absolute Gasteiger partial charge is 0.508 e. The van der Waals surface area contributed by atoms with Crippen molar-refractivity contribution in [1.82, 2.24) is 20.9 Å². The zero-order chi connectivity index (χ0) is 27.3. The Hall–Kier alpha value is -3.92. The molecule has 2 aromatic carbocycles. The van der Waals surface area contributed by atoms with Crippen LogP contribution in [-0.4, -0.2) is 65.5 Å². The molecule has 10 nitrogen and oxygen atoms in total. The van der Waals surface area contributed by atoms with Gasteiger partial charge in [-0.25, -0.2) is 4.79 Å². The van der Waals surface area contributed by atoms with E-state index >= 15 is 0 Å². The summed E-state index contributed by atoms with van der Waals surface area (Å²) >= 11 is 0. The summed E-state index contributed by atoms with van der Waals surface area (Å²) in [7, 11) is 1.73. The fourth-order valence-electron chi connectivity index (χ4n) is 5.12. The number of hydrogen-bond acceptors (Lipinski definition) is 6. The summed E-state index contributed by atoms with van der Waals surface area (Å²) in [4.78, 5) is 52.3. The molecule has 1 heterocycles. The van der Waals surface area contributed by atoms with Crippen molar-refractivity contribution in [2.75, 3.05) is 20.1 Å². The number of likely N-dealkylation sites (N-methyl/N-ethyl adjacent to an activating group) is 1. The lowest BCUT2D eigenvalue weighted by atomic mass is 9.77. The number of urea groups is 1. The first-order chi connectivity index (χ1) is 18.2. The van der Waals surface area contributed by atoms with Crippen molar-refractivity contribution >= 4 is 23.8 Å². The standard InChI is InChI=1S/C28H35N5O5/c1-33(14-4-2-3-13-29)25(36)23(15-18-5-9-22(34)10-6-18)30-24(35)20-7-8-21-17-28(12-11-19(21)16-20)26(37)31-27(38)32-28/h5-10,16,23,34H,2-4,11-15,17,29H2,1H3,(H,30,35)(H2,31,32,37,38)/t23-,28?/m1/s1. The molecule has 1 saturated heterocycles. The van der Waals surface area contributed by atoms with Gasteiger partial charge in [0.15, 0.2) is 0 Å². The van der Waals surface area contributed by atoms with Crippen LogP contribution >= 0.6 is 0 Å². The number of carbonyl (C=O) groups excluding carboxylic acids is 4. The number of rotatable bonds is 10. The van der Waals surface area contributed by atoms with Gasteiger partial charge in [-0.2, -0.15) is 0 Å². The van der Waals surface area contributed by atoms with E-state index in [1.54, 1.807) is 48.3 Å². The van der Waals surface area contributed by atoms with Crippen LogP contribution in [0.3, 0.4) is 0 Å². The summed E-state index contributed by atoms with van der Waals surface area (Å²) in [5.74, 6) is -0.753. The molecule has 6 N–H and O–H groups in total. The summed E-state index contributed by atoms with van der Waals surface area (Å²) in [6.07, 6.45) is 4.26. The van der Waals surface area contributed by atoms with E-state index in [1.807, 2.05) is 6.07 Å². The van der Waals surface area contributed by atoms with E-state index in [0.717, 1.165) is 36.0 Å². The molecule has 1 unspecified atom stereocenters. The minimum Gasteiger partial charge on any atom is -0.508 e. The molecule has 1 fully saturated rings. The second-order valence-electron chi connectivity index (χ2n) is 10.2. The number of imide groups is 1. The first-order valence-corrected chi connectivity index (χ1v) is 13.0. The first-order valence-electron chi connectivity index (χ1n) is 13.0. The Labute approximate surface area is 222 Å². The van der Waals surface area contributed by atoms with Crippen molar-refractivity contribution < 1.29 is 24.3 Å². The number of benzene rings is 2. The summed E-state index contributed by atoms with van der Waals surface area (Å²) < 4.78 is 0. The third-order valence-corrected chi connectivity index (χ3v) is 7.35. The normalized spacial score (nSPS) is 18.9. The van der Waals surface area contributed by atoms with Gasteiger partial charge in [0.25, 0.3) is 11.8 Å². The second-order valence-corrected chi connectivity index (χ2v) is 10.2. The molecular weight excluding hydrogens is 486 g/mol. The molecule has 10 heteroatoms. The number of hydrogen-bond donors (Lipinski definition) is 5. The Kier molecular flexibility index (Phi) is 8.31. The highest BCUT2D eigenvalue weighted by Gasteiger charge is 2.47. The summed E-state index contributed by atoms with van der Waals surface area (Å²) in [6, 6.07) is 10.6. The Morgan fingerprint density at radius 2 is 1.87 bits per heavy atom. The molecule has 4 rings (SSSR count). The maximum atomic E-state index is 13.3. The first kappa shape index (κ1) is 27.1. The van der Waals surface area contributed by atoms with Crippen molar-refractivity contribution in [2.24, 2.45) is 5.73 Å². The van der Waals surface area contributed by atoms with Crippen LogP contribution in [-0.2, 0) is 28.9 Å². The number of nitrogens with one attached hydrogen (secondary N) is 3. The third-order valence-electron chi connectivity index (χ3n) is 7.35. The predicted molar refractivity (Wildman–Crippen MR) is 141 cm³/mol. The van der Waals surface area contributed by atoms with Gasteiger partial charge in [0.2, 0.25) is 5.91 Å². The van der Waals surface area contributed by atoms with E-state index < -0.39 is 17.6 Å². The molecule has 202 valence electrons. The van der Waals surface area contributed by atoms with Crippen LogP contribution in [0.1, 0.15) is 52.7 Å². The van der Waals surface area contributed by atoms with Gasteiger partial charge in [-0.05, 0) is 73.2 Å². The molecule has 5 amide bonds. The minimum absolute atomic E-state index is 0.128. The highest BCUT2D eigenvalue weighted by molar-refractivity contribution is 6.07. The lowest BCUT2D eigenvalue weighted by Crippen LogP contribution is -2.51. The number of unbranched alkanes of at least 4 members (excludes halogenated alkanes) is 2. The maximum absolute atomic E-state index is 13.3. The van der Waals surface area contributed by atoms with E-state index in [9.17, 15) is 24.3 Å². The zero-order valence-corrected chi connectivity index (χ0v) is 21.6. The van der Waals surface area contributed by atoms with Gasteiger partial charge in [-0.3, -0.25) is 19.7 Å². The third kappa shape index (κ3) is 6.13. The maximum Gasteiger partial charge on any atom is 0.322 e. The molecular formula is C28H35N5O5. The SMILES string of the molecule is CN(CCCCCN)C(=O)[C@@H](Cc1ccc(O)cc1)NC(=O)c1ccc2c(c1)CCC1(C2)NC(=O)NC1=O. The topological polar surface area (TPSA) is 154 Å². The van der Waals surface area contributed by atoms with Crippen molar-refractivity contribution in [3.63, 3.8) is 0 Å². The Bertz CT molecular complexity index is 1210. The Morgan fingerprint density at radius 1 is 1.11 bits per heavy atom. The number of phenols is 1. The van der Waals surface area contributed by atoms with Gasteiger partial charge in [-0.15, -0.1) is 0 Å². The lowest BCUT2D eigenvalue weighted by molar-refractivity contribution is -0.132. The van der Waals surface area contributed by atoms with Crippen LogP contribution in [0, 0.1) is 0 Å². The van der Waals surface area contributed by atoms with E-state index in [2.05, 4.69) is 16.0 Å². The van der Waals surface area contributed by atoms with Gasteiger partial charge >= 0.3 is 6.03 Å². The van der Waals surface area contributed by atoms with Crippen LogP contribution in [0.2, 0.25) is 0 Å². The van der Waals surface area contributed by atoms with E-state index in [0.29, 0.717) is 37.9 Å². The predicted octanol–water partition coefficient (Wildman–Crippen LogP) is 1.39. The van der Waals surface area contributed by atoms with Crippen molar-refractivity contribution in [3.05, 3.63) is 64.7 Å². The van der Waals surface area contributed by atoms with Crippen molar-refractivity contribution in [1.29, 1.82) is 0 Å². The molecule has 1 spiro atoms. The van der Waals surface area contributed by atoms with E-state index in [4.69, 9.17) is 5.73 Å². The Morgan fingerprint density at radius 3 is 2.55 bits per heavy atom. The molecule has 2 atom stereocenters. The minimum atomic E-state index is -0.940. The fourth-order valence-corrected chi connectivity index (χ4v) is 5.12. The molecule has 38 heavy (non-hydrogen) atoms. The summed E-state index contributed by atoms with van der Waals surface area (Å²) in [5, 5.41) is 17.6. The fraction of sp³-hybridized carbons (Fsp3) is 0.429. The number of fused-ring (bicyclic) bond motifs is 1. The van der Waals surface area contributed by atoms with Crippen LogP contribution in [0.5, 0.6) is 5.75 Å². The molecule has 0 aromatic heterocycles. The average molecular weight is 522 g/mol. The Balaban J connectivity index is 1.48. The molecule has 0 saturated carbocycles. The number of amides is 5. The molecule has 1 aliphatic carbocycles. The second kappa shape index (κ2) is 11.6. The molecule has 0 bridgehead atoms. The summed E-state index contributed by atoms with van der Waals surface area (Å²) in [5.41, 5.74) is 7.70. The van der Waals surface area contributed by atoms with Gasteiger partial charge < -0.3 is 26.4 Å². The van der Waals surface area contributed by atoms with Crippen LogP contribution in [0.15, 0.2) is 42.5 Å². The quantitative estimate of drug-likeness (QED) is 0.235. The number of nitrogens with two attached hydrogens (primary N) is 1. The number of aromatic hydroxyl groups is 1. The lowest BCUT2D eigenvalue weighted by Gasteiger charge is -2.32. The number of nitrogens with zero attached hydrogens (tertiary/aromatic N) is 1. The molecule has 2 aromatic rings. The summed E-state index contributed by atoms with van der Waals surface area (Å²) in [6.45, 7) is 1.17. The van der Waals surface area contributed by atoms with Gasteiger partial charge in [0.1, 0.15) is 17.3 Å². The number of carbonyl (C=O) groups is 4. The van der Waals surface area contributed by atoms with E-state index in [-0.39, 0.29) is 29.9 Å². The van der Waals surface area contributed by atoms with Gasteiger partial charge in [0, 0.05) is 32.0 Å². The van der Waals surface area contributed by atoms with Crippen LogP contribution < -0.4 is 21.7 Å². The van der Waals surface area contributed by atoms with E-state index in [1.165, 1.54) is 0 Å². The number of phenolic OH excluding ortho intramolecular Hbond substituents is 1. The highest BCUT2D eigenvalue weighted by atomic mass is 16.3. The average Bonchev–Trinajstić information content (AvgIpc) is 3.17. The molecule has 0 radical (unpaired) electrons. The van der Waals surface area contributed by atoms with Gasteiger partial charge in [0.05, 0.1) is 0 Å². The monoisotopic (exact) mass is 521 g/mol. The number of aryl methyl sites for hydroxylation is 1. The highest BCUT2D eigenvalue weighted by Crippen LogP contribution is 2.31. The van der Waals surface area contributed by atoms with Gasteiger partial charge in [-0.1, -0.05) is 24.6 Å². The van der Waals surface area contributed by atoms with Crippen LogP contribution in [0.25, 0.3) is 0 Å².